The number of rotatable bonds is 2. The summed E-state index contributed by atoms with van der Waals surface area (Å²) in [6.07, 6.45) is 0. The third kappa shape index (κ3) is 3.02. The lowest BCUT2D eigenvalue weighted by Crippen LogP contribution is -1.96. The first-order chi connectivity index (χ1) is 6.65. The maximum absolute atomic E-state index is 10.3. The topological polar surface area (TPSA) is 89.4 Å². The number of anilines is 1. The molecule has 0 unspecified atom stereocenters. The Bertz CT molecular complexity index is 313. The van der Waals surface area contributed by atoms with Crippen LogP contribution in [0.3, 0.4) is 0 Å². The number of hydrogen-bond donors (Lipinski definition) is 2. The lowest BCUT2D eigenvalue weighted by Gasteiger charge is -2.00. The van der Waals surface area contributed by atoms with Gasteiger partial charge in [0, 0.05) is 23.4 Å². The quantitative estimate of drug-likeness (QED) is 0.430. The van der Waals surface area contributed by atoms with Crippen LogP contribution in [0, 0.1) is 10.1 Å². The second-order valence-electron chi connectivity index (χ2n) is 2.30. The van der Waals surface area contributed by atoms with Gasteiger partial charge in [-0.1, -0.05) is 13.8 Å². The Morgan fingerprint density at radius 3 is 2.50 bits per heavy atom. The summed E-state index contributed by atoms with van der Waals surface area (Å²) in [7, 11) is 0. The molecule has 0 aliphatic rings. The largest absolute Gasteiger partial charge is 0.398 e. The van der Waals surface area contributed by atoms with Crippen molar-refractivity contribution in [1.82, 2.24) is 0 Å². The smallest absolute Gasteiger partial charge is 0.269 e. The van der Waals surface area contributed by atoms with E-state index in [2.05, 4.69) is 0 Å². The molecule has 78 valence electrons. The average Bonchev–Trinajstić information content (AvgIpc) is 2.21. The monoisotopic (exact) mass is 198 g/mol. The standard InChI is InChI=1S/C7H8N2O3.C2H6/c8-7-2-1-6(9(11)12)3-5(7)4-10;1-2/h1-3,10H,4,8H2;1-2H3. The summed E-state index contributed by atoms with van der Waals surface area (Å²) in [6, 6.07) is 3.97. The van der Waals surface area contributed by atoms with Gasteiger partial charge in [-0.25, -0.2) is 0 Å². The summed E-state index contributed by atoms with van der Waals surface area (Å²) < 4.78 is 0. The molecule has 0 saturated heterocycles. The molecule has 0 fully saturated rings. The zero-order valence-electron chi connectivity index (χ0n) is 8.23. The molecule has 0 saturated carbocycles. The Kier molecular flexibility index (Phi) is 5.24. The molecule has 0 aliphatic carbocycles. The molecule has 5 heteroatoms. The maximum Gasteiger partial charge on any atom is 0.269 e. The molecule has 1 aromatic rings. The van der Waals surface area contributed by atoms with E-state index in [0.29, 0.717) is 11.3 Å². The van der Waals surface area contributed by atoms with Crippen LogP contribution in [0.4, 0.5) is 11.4 Å². The first-order valence-electron chi connectivity index (χ1n) is 4.29. The zero-order chi connectivity index (χ0) is 11.1. The fraction of sp³-hybridized carbons (Fsp3) is 0.333. The van der Waals surface area contributed by atoms with Gasteiger partial charge in [0.1, 0.15) is 0 Å². The Hall–Kier alpha value is -1.62. The number of aliphatic hydroxyl groups is 1. The Balaban J connectivity index is 0.000000791. The lowest BCUT2D eigenvalue weighted by atomic mass is 10.2. The molecule has 1 aromatic carbocycles. The van der Waals surface area contributed by atoms with Crippen LogP contribution in [0.25, 0.3) is 0 Å². The van der Waals surface area contributed by atoms with Gasteiger partial charge in [0.05, 0.1) is 11.5 Å². The first-order valence-corrected chi connectivity index (χ1v) is 4.29. The molecule has 14 heavy (non-hydrogen) atoms. The van der Waals surface area contributed by atoms with Crippen molar-refractivity contribution in [3.63, 3.8) is 0 Å². The molecule has 0 aliphatic heterocycles. The van der Waals surface area contributed by atoms with E-state index in [4.69, 9.17) is 10.8 Å². The number of nitro groups is 1. The van der Waals surface area contributed by atoms with Crippen molar-refractivity contribution in [2.75, 3.05) is 5.73 Å². The molecule has 5 nitrogen and oxygen atoms in total. The Morgan fingerprint density at radius 1 is 1.50 bits per heavy atom. The van der Waals surface area contributed by atoms with Crippen LogP contribution in [-0.2, 0) is 6.61 Å². The minimum Gasteiger partial charge on any atom is -0.398 e. The summed E-state index contributed by atoms with van der Waals surface area (Å²) in [5.74, 6) is 0. The molecule has 0 heterocycles. The molecule has 0 spiro atoms. The van der Waals surface area contributed by atoms with Gasteiger partial charge in [-0.2, -0.15) is 0 Å². The highest BCUT2D eigenvalue weighted by Gasteiger charge is 2.07. The van der Waals surface area contributed by atoms with Gasteiger partial charge in [0.2, 0.25) is 0 Å². The van der Waals surface area contributed by atoms with Gasteiger partial charge in [-0.15, -0.1) is 0 Å². The minimum atomic E-state index is -0.529. The zero-order valence-corrected chi connectivity index (χ0v) is 8.23. The van der Waals surface area contributed by atoms with E-state index in [1.807, 2.05) is 13.8 Å². The van der Waals surface area contributed by atoms with E-state index >= 15 is 0 Å². The molecule has 0 atom stereocenters. The van der Waals surface area contributed by atoms with Gasteiger partial charge in [-0.05, 0) is 6.07 Å². The van der Waals surface area contributed by atoms with Crippen LogP contribution in [-0.4, -0.2) is 10.0 Å². The van der Waals surface area contributed by atoms with Gasteiger partial charge >= 0.3 is 0 Å². The summed E-state index contributed by atoms with van der Waals surface area (Å²) in [5, 5.41) is 19.0. The Labute approximate surface area is 82.3 Å². The summed E-state index contributed by atoms with van der Waals surface area (Å²) in [5.41, 5.74) is 6.10. The van der Waals surface area contributed by atoms with Crippen molar-refractivity contribution in [2.45, 2.75) is 20.5 Å². The highest BCUT2D eigenvalue weighted by Crippen LogP contribution is 2.18. The molecule has 1 rings (SSSR count). The number of non-ortho nitro benzene ring substituents is 1. The normalized spacial score (nSPS) is 8.79. The van der Waals surface area contributed by atoms with Crippen molar-refractivity contribution in [3.8, 4) is 0 Å². The number of nitrogen functional groups attached to an aromatic ring is 1. The number of nitrogens with two attached hydrogens (primary N) is 1. The van der Waals surface area contributed by atoms with E-state index in [1.54, 1.807) is 0 Å². The van der Waals surface area contributed by atoms with Crippen molar-refractivity contribution in [3.05, 3.63) is 33.9 Å². The van der Waals surface area contributed by atoms with Crippen molar-refractivity contribution >= 4 is 11.4 Å². The second-order valence-corrected chi connectivity index (χ2v) is 2.30. The molecule has 0 aromatic heterocycles. The Morgan fingerprint density at radius 2 is 2.07 bits per heavy atom. The summed E-state index contributed by atoms with van der Waals surface area (Å²) in [6.45, 7) is 3.72. The second kappa shape index (κ2) is 5.93. The highest BCUT2D eigenvalue weighted by molar-refractivity contribution is 5.52. The number of nitrogens with zero attached hydrogens (tertiary/aromatic N) is 1. The molecular formula is C9H14N2O3. The van der Waals surface area contributed by atoms with Crippen molar-refractivity contribution < 1.29 is 10.0 Å². The predicted octanol–water partition coefficient (Wildman–Crippen LogP) is 1.70. The summed E-state index contributed by atoms with van der Waals surface area (Å²) >= 11 is 0. The number of aliphatic hydroxyl groups excluding tert-OH is 1. The molecule has 0 radical (unpaired) electrons. The van der Waals surface area contributed by atoms with E-state index < -0.39 is 4.92 Å². The van der Waals surface area contributed by atoms with Crippen molar-refractivity contribution in [2.24, 2.45) is 0 Å². The van der Waals surface area contributed by atoms with Crippen LogP contribution in [0.5, 0.6) is 0 Å². The molecule has 0 bridgehead atoms. The number of benzene rings is 1. The van der Waals surface area contributed by atoms with Gasteiger partial charge < -0.3 is 10.8 Å². The third-order valence-corrected chi connectivity index (χ3v) is 1.51. The highest BCUT2D eigenvalue weighted by atomic mass is 16.6. The van der Waals surface area contributed by atoms with E-state index in [-0.39, 0.29) is 12.3 Å². The van der Waals surface area contributed by atoms with Crippen LogP contribution in [0.1, 0.15) is 19.4 Å². The lowest BCUT2D eigenvalue weighted by molar-refractivity contribution is -0.384. The minimum absolute atomic E-state index is 0.0618. The molecule has 0 amide bonds. The number of hydrogen-bond acceptors (Lipinski definition) is 4. The van der Waals surface area contributed by atoms with E-state index in [9.17, 15) is 10.1 Å². The van der Waals surface area contributed by atoms with E-state index in [1.165, 1.54) is 18.2 Å². The van der Waals surface area contributed by atoms with Gasteiger partial charge in [0.25, 0.3) is 5.69 Å². The number of nitro benzene ring substituents is 1. The van der Waals surface area contributed by atoms with Crippen LogP contribution < -0.4 is 5.73 Å². The summed E-state index contributed by atoms with van der Waals surface area (Å²) in [4.78, 5) is 9.73. The fourth-order valence-electron chi connectivity index (χ4n) is 0.843. The SMILES string of the molecule is CC.Nc1ccc([N+](=O)[O-])cc1CO. The first kappa shape index (κ1) is 12.4. The van der Waals surface area contributed by atoms with Gasteiger partial charge in [0.15, 0.2) is 0 Å². The van der Waals surface area contributed by atoms with Crippen LogP contribution in [0.15, 0.2) is 18.2 Å². The predicted molar refractivity (Wildman–Crippen MR) is 54.8 cm³/mol. The maximum atomic E-state index is 10.3. The molecular weight excluding hydrogens is 184 g/mol. The third-order valence-electron chi connectivity index (χ3n) is 1.51. The fourth-order valence-corrected chi connectivity index (χ4v) is 0.843. The van der Waals surface area contributed by atoms with Crippen LogP contribution in [0.2, 0.25) is 0 Å². The van der Waals surface area contributed by atoms with Crippen molar-refractivity contribution in [1.29, 1.82) is 0 Å². The van der Waals surface area contributed by atoms with E-state index in [0.717, 1.165) is 0 Å². The molecule has 3 N–H and O–H groups in total. The van der Waals surface area contributed by atoms with Gasteiger partial charge in [-0.3, -0.25) is 10.1 Å². The van der Waals surface area contributed by atoms with Crippen LogP contribution >= 0.6 is 0 Å². The average molecular weight is 198 g/mol.